The second-order valence-electron chi connectivity index (χ2n) is 6.10. The lowest BCUT2D eigenvalue weighted by Gasteiger charge is -2.22. The maximum Gasteiger partial charge on any atom is 0.0673 e. The van der Waals surface area contributed by atoms with Gasteiger partial charge in [0.25, 0.3) is 0 Å². The molecule has 0 radical (unpaired) electrons. The molecule has 3 rings (SSSR count). The normalized spacial score (nSPS) is 16.2. The van der Waals surface area contributed by atoms with Crippen molar-refractivity contribution in [3.63, 3.8) is 0 Å². The highest BCUT2D eigenvalue weighted by molar-refractivity contribution is 5.68. The van der Waals surface area contributed by atoms with Crippen LogP contribution in [0.4, 0.5) is 0 Å². The summed E-state index contributed by atoms with van der Waals surface area (Å²) in [4.78, 5) is 4.74. The van der Waals surface area contributed by atoms with Crippen LogP contribution in [0.5, 0.6) is 0 Å². The van der Waals surface area contributed by atoms with E-state index in [1.807, 2.05) is 20.0 Å². The second-order valence-corrected chi connectivity index (χ2v) is 6.10. The van der Waals surface area contributed by atoms with Crippen molar-refractivity contribution in [3.8, 4) is 0 Å². The first kappa shape index (κ1) is 18.2. The molecule has 0 aliphatic heterocycles. The molecule has 0 saturated carbocycles. The molecule has 1 aliphatic carbocycles. The van der Waals surface area contributed by atoms with E-state index in [0.717, 1.165) is 18.5 Å². The fourth-order valence-electron chi connectivity index (χ4n) is 3.16. The first-order valence-corrected chi connectivity index (χ1v) is 9.05. The lowest BCUT2D eigenvalue weighted by atomic mass is 9.84. The number of aryl methyl sites for hydroxylation is 2. The zero-order valence-corrected chi connectivity index (χ0v) is 15.6. The van der Waals surface area contributed by atoms with Gasteiger partial charge in [-0.3, -0.25) is 4.98 Å². The van der Waals surface area contributed by atoms with Crippen LogP contribution in [0.3, 0.4) is 0 Å². The van der Waals surface area contributed by atoms with E-state index in [0.29, 0.717) is 5.92 Å². The molecule has 24 heavy (non-hydrogen) atoms. The maximum atomic E-state index is 4.74. The monoisotopic (exact) mass is 319 g/mol. The van der Waals surface area contributed by atoms with E-state index in [9.17, 15) is 0 Å². The highest BCUT2D eigenvalue weighted by atomic mass is 14.7. The van der Waals surface area contributed by atoms with Crippen LogP contribution in [0.1, 0.15) is 50.4 Å². The molecule has 1 aromatic carbocycles. The zero-order chi connectivity index (χ0) is 17.5. The van der Waals surface area contributed by atoms with Crippen LogP contribution in [0.2, 0.25) is 0 Å². The van der Waals surface area contributed by atoms with Crippen molar-refractivity contribution in [1.29, 1.82) is 0 Å². The summed E-state index contributed by atoms with van der Waals surface area (Å²) >= 11 is 0. The third-order valence-corrected chi connectivity index (χ3v) is 4.59. The van der Waals surface area contributed by atoms with Gasteiger partial charge in [0, 0.05) is 6.20 Å². The number of hydrogen-bond donors (Lipinski definition) is 0. The van der Waals surface area contributed by atoms with Crippen LogP contribution in [0.15, 0.2) is 48.7 Å². The smallest absolute Gasteiger partial charge is 0.0673 e. The third kappa shape index (κ3) is 3.84. The topological polar surface area (TPSA) is 12.9 Å². The number of fused-ring (bicyclic) bond motifs is 1. The first-order chi connectivity index (χ1) is 11.7. The fourth-order valence-corrected chi connectivity index (χ4v) is 3.16. The van der Waals surface area contributed by atoms with Crippen molar-refractivity contribution < 1.29 is 0 Å². The number of benzene rings is 1. The fraction of sp³-hybridized carbons (Fsp3) is 0.348. The molecule has 1 nitrogen and oxygen atoms in total. The molecule has 1 heteroatoms. The van der Waals surface area contributed by atoms with Gasteiger partial charge >= 0.3 is 0 Å². The van der Waals surface area contributed by atoms with Crippen molar-refractivity contribution in [2.75, 3.05) is 0 Å². The van der Waals surface area contributed by atoms with E-state index in [4.69, 9.17) is 4.98 Å². The molecule has 1 aliphatic rings. The third-order valence-electron chi connectivity index (χ3n) is 4.59. The van der Waals surface area contributed by atoms with Gasteiger partial charge in [0.2, 0.25) is 0 Å². The molecular weight excluding hydrogens is 290 g/mol. The van der Waals surface area contributed by atoms with Gasteiger partial charge in [-0.15, -0.1) is 0 Å². The molecule has 0 saturated heterocycles. The molecule has 0 amide bonds. The molecule has 1 unspecified atom stereocenters. The average Bonchev–Trinajstić information content (AvgIpc) is 2.63. The van der Waals surface area contributed by atoms with E-state index in [2.05, 4.69) is 69.3 Å². The molecular formula is C23H29N. The van der Waals surface area contributed by atoms with Crippen LogP contribution in [-0.4, -0.2) is 4.98 Å². The summed E-state index contributed by atoms with van der Waals surface area (Å²) in [7, 11) is 0. The first-order valence-electron chi connectivity index (χ1n) is 9.05. The van der Waals surface area contributed by atoms with Gasteiger partial charge in [-0.2, -0.15) is 0 Å². The highest BCUT2D eigenvalue weighted by Crippen LogP contribution is 2.28. The minimum absolute atomic E-state index is 0.515. The molecule has 2 aromatic rings. The van der Waals surface area contributed by atoms with Crippen molar-refractivity contribution in [2.24, 2.45) is 5.92 Å². The Bertz CT molecular complexity index is 827. The molecule has 0 spiro atoms. The van der Waals surface area contributed by atoms with Gasteiger partial charge < -0.3 is 0 Å². The Balaban J connectivity index is 0.00000100. The van der Waals surface area contributed by atoms with Gasteiger partial charge in [-0.05, 0) is 72.7 Å². The van der Waals surface area contributed by atoms with Crippen LogP contribution in [0, 0.1) is 19.8 Å². The summed E-state index contributed by atoms with van der Waals surface area (Å²) in [5.41, 5.74) is 5.11. The molecule has 0 fully saturated rings. The van der Waals surface area contributed by atoms with Gasteiger partial charge in [0.15, 0.2) is 0 Å². The van der Waals surface area contributed by atoms with Crippen molar-refractivity contribution >= 4 is 11.6 Å². The largest absolute Gasteiger partial charge is 0.256 e. The van der Waals surface area contributed by atoms with Gasteiger partial charge in [-0.1, -0.05) is 56.3 Å². The van der Waals surface area contributed by atoms with E-state index in [1.165, 1.54) is 27.1 Å². The Kier molecular flexibility index (Phi) is 6.54. The van der Waals surface area contributed by atoms with E-state index in [-0.39, 0.29) is 0 Å². The lowest BCUT2D eigenvalue weighted by Crippen LogP contribution is -2.33. The minimum atomic E-state index is 0.515. The molecule has 1 heterocycles. The summed E-state index contributed by atoms with van der Waals surface area (Å²) < 4.78 is 0. The molecule has 1 aromatic heterocycles. The van der Waals surface area contributed by atoms with Crippen molar-refractivity contribution in [1.82, 2.24) is 4.98 Å². The quantitative estimate of drug-likeness (QED) is 0.748. The number of hydrogen-bond acceptors (Lipinski definition) is 1. The maximum absolute atomic E-state index is 4.74. The minimum Gasteiger partial charge on any atom is -0.256 e. The van der Waals surface area contributed by atoms with E-state index in [1.54, 1.807) is 0 Å². The molecule has 1 atom stereocenters. The molecule has 0 bridgehead atoms. The lowest BCUT2D eigenvalue weighted by molar-refractivity contribution is 0.698. The standard InChI is InChI=1S/C21H23N.C2H6/c1-4-5-8-18-12-11-17-9-6-7-10-19(17)21(18)20-13-15(2)16(3)14-22-20;1-2/h4-7,9-11,13-14,18H,8,12H2,1-3H3;1-2H3. The van der Waals surface area contributed by atoms with Gasteiger partial charge in [-0.25, -0.2) is 0 Å². The molecule has 0 N–H and O–H groups in total. The van der Waals surface area contributed by atoms with Crippen LogP contribution >= 0.6 is 0 Å². The number of rotatable bonds is 3. The summed E-state index contributed by atoms with van der Waals surface area (Å²) in [6.45, 7) is 10.4. The average molecular weight is 319 g/mol. The summed E-state index contributed by atoms with van der Waals surface area (Å²) in [6.07, 6.45) is 11.0. The van der Waals surface area contributed by atoms with Crippen LogP contribution in [-0.2, 0) is 0 Å². The van der Waals surface area contributed by atoms with Crippen LogP contribution < -0.4 is 10.4 Å². The van der Waals surface area contributed by atoms with Crippen molar-refractivity contribution in [2.45, 2.75) is 47.5 Å². The van der Waals surface area contributed by atoms with Crippen LogP contribution in [0.25, 0.3) is 11.6 Å². The van der Waals surface area contributed by atoms with E-state index >= 15 is 0 Å². The predicted octanol–water partition coefficient (Wildman–Crippen LogP) is 4.69. The second kappa shape index (κ2) is 8.63. The van der Waals surface area contributed by atoms with E-state index < -0.39 is 0 Å². The summed E-state index contributed by atoms with van der Waals surface area (Å²) in [5, 5.41) is 2.69. The predicted molar refractivity (Wildman–Crippen MR) is 105 cm³/mol. The van der Waals surface area contributed by atoms with Crippen molar-refractivity contribution in [3.05, 3.63) is 75.9 Å². The van der Waals surface area contributed by atoms with Gasteiger partial charge in [0.05, 0.1) is 5.69 Å². The Labute approximate surface area is 146 Å². The summed E-state index contributed by atoms with van der Waals surface area (Å²) in [5.74, 6) is 0.515. The Morgan fingerprint density at radius 1 is 1.12 bits per heavy atom. The zero-order valence-electron chi connectivity index (χ0n) is 15.6. The number of aromatic nitrogens is 1. The number of allylic oxidation sites excluding steroid dienone is 2. The highest BCUT2D eigenvalue weighted by Gasteiger charge is 2.19. The Morgan fingerprint density at radius 2 is 1.88 bits per heavy atom. The summed E-state index contributed by atoms with van der Waals surface area (Å²) in [6, 6.07) is 10.9. The SMILES string of the molecule is CC.CC=CCC1CC=c2ccccc2=C1c1cc(C)c(C)cn1. The number of nitrogens with zero attached hydrogens (tertiary/aromatic N) is 1. The number of pyridine rings is 1. The van der Waals surface area contributed by atoms with Gasteiger partial charge in [0.1, 0.15) is 0 Å². The Morgan fingerprint density at radius 3 is 2.58 bits per heavy atom. The Hall–Kier alpha value is -2.15. The molecule has 126 valence electrons.